The zero-order valence-corrected chi connectivity index (χ0v) is 12.6. The first-order valence-corrected chi connectivity index (χ1v) is 7.10. The van der Waals surface area contributed by atoms with Crippen LogP contribution in [0.3, 0.4) is 0 Å². The minimum atomic E-state index is -0.166. The summed E-state index contributed by atoms with van der Waals surface area (Å²) in [6, 6.07) is 5.89. The Kier molecular flexibility index (Phi) is 4.10. The van der Waals surface area contributed by atoms with Gasteiger partial charge in [0.05, 0.1) is 22.4 Å². The lowest BCUT2D eigenvalue weighted by atomic mass is 10.0. The second-order valence-electron chi connectivity index (χ2n) is 5.45. The first-order chi connectivity index (χ1) is 8.43. The summed E-state index contributed by atoms with van der Waals surface area (Å²) in [5, 5.41) is 0.762. The molecule has 0 amide bonds. The van der Waals surface area contributed by atoms with Crippen LogP contribution in [0.25, 0.3) is 0 Å². The van der Waals surface area contributed by atoms with Crippen molar-refractivity contribution in [2.45, 2.75) is 38.4 Å². The highest BCUT2D eigenvalue weighted by Gasteiger charge is 2.32. The molecule has 0 aliphatic carbocycles. The van der Waals surface area contributed by atoms with Gasteiger partial charge in [-0.25, -0.2) is 0 Å². The minimum Gasteiger partial charge on any atom is -0.369 e. The Morgan fingerprint density at radius 1 is 1.44 bits per heavy atom. The molecule has 1 aliphatic heterocycles. The average molecular weight is 288 g/mol. The number of rotatable bonds is 2. The highest BCUT2D eigenvalue weighted by atomic mass is 35.5. The fourth-order valence-electron chi connectivity index (χ4n) is 2.65. The Bertz CT molecular complexity index is 434. The van der Waals surface area contributed by atoms with E-state index in [0.717, 1.165) is 29.4 Å². The third-order valence-electron chi connectivity index (χ3n) is 3.10. The van der Waals surface area contributed by atoms with Crippen molar-refractivity contribution in [2.24, 2.45) is 0 Å². The molecular formula is C14H19Cl2NO. The molecule has 1 aromatic rings. The fourth-order valence-corrected chi connectivity index (χ4v) is 3.18. The van der Waals surface area contributed by atoms with E-state index in [1.54, 1.807) is 0 Å². The fraction of sp³-hybridized carbons (Fsp3) is 0.571. The second-order valence-corrected chi connectivity index (χ2v) is 6.12. The lowest BCUT2D eigenvalue weighted by Crippen LogP contribution is -2.52. The standard InChI is InChI=1S/C14H19Cl2NO/c1-10-8-17(9-14(2,3)18-10)13-11(7-15)5-4-6-12(13)16/h4-6,10H,7-9H2,1-3H3. The van der Waals surface area contributed by atoms with E-state index in [4.69, 9.17) is 27.9 Å². The predicted octanol–water partition coefficient (Wildman–Crippen LogP) is 4.08. The lowest BCUT2D eigenvalue weighted by Gasteiger charge is -2.43. The molecule has 18 heavy (non-hydrogen) atoms. The van der Waals surface area contributed by atoms with Gasteiger partial charge in [0.1, 0.15) is 0 Å². The van der Waals surface area contributed by atoms with E-state index in [-0.39, 0.29) is 11.7 Å². The number of halogens is 2. The normalized spacial score (nSPS) is 23.2. The Morgan fingerprint density at radius 3 is 2.78 bits per heavy atom. The maximum absolute atomic E-state index is 6.34. The molecule has 0 bridgehead atoms. The van der Waals surface area contributed by atoms with Crippen LogP contribution >= 0.6 is 23.2 Å². The molecule has 1 unspecified atom stereocenters. The van der Waals surface area contributed by atoms with Gasteiger partial charge < -0.3 is 9.64 Å². The molecule has 0 spiro atoms. The van der Waals surface area contributed by atoms with Crippen molar-refractivity contribution < 1.29 is 4.74 Å². The Hall–Kier alpha value is -0.440. The smallest absolute Gasteiger partial charge is 0.0805 e. The summed E-state index contributed by atoms with van der Waals surface area (Å²) in [6.45, 7) is 7.97. The second kappa shape index (κ2) is 5.28. The van der Waals surface area contributed by atoms with Crippen molar-refractivity contribution in [1.29, 1.82) is 0 Å². The van der Waals surface area contributed by atoms with Crippen LogP contribution in [-0.2, 0) is 10.6 Å². The molecule has 100 valence electrons. The van der Waals surface area contributed by atoms with Crippen molar-refractivity contribution in [1.82, 2.24) is 0 Å². The third-order valence-corrected chi connectivity index (χ3v) is 3.69. The van der Waals surface area contributed by atoms with Gasteiger partial charge in [-0.05, 0) is 32.4 Å². The van der Waals surface area contributed by atoms with Crippen molar-refractivity contribution in [2.75, 3.05) is 18.0 Å². The predicted molar refractivity (Wildman–Crippen MR) is 77.8 cm³/mol. The Balaban J connectivity index is 2.36. The lowest BCUT2D eigenvalue weighted by molar-refractivity contribution is -0.0749. The van der Waals surface area contributed by atoms with Gasteiger partial charge in [0.2, 0.25) is 0 Å². The van der Waals surface area contributed by atoms with Gasteiger partial charge in [-0.3, -0.25) is 0 Å². The number of nitrogens with zero attached hydrogens (tertiary/aromatic N) is 1. The molecule has 1 aliphatic rings. The summed E-state index contributed by atoms with van der Waals surface area (Å²) < 4.78 is 5.92. The number of hydrogen-bond donors (Lipinski definition) is 0. The largest absolute Gasteiger partial charge is 0.369 e. The molecule has 2 rings (SSSR count). The number of ether oxygens (including phenoxy) is 1. The van der Waals surface area contributed by atoms with Crippen LogP contribution in [-0.4, -0.2) is 24.8 Å². The van der Waals surface area contributed by atoms with Gasteiger partial charge in [0, 0.05) is 19.0 Å². The van der Waals surface area contributed by atoms with Crippen molar-refractivity contribution in [3.8, 4) is 0 Å². The molecule has 1 heterocycles. The molecule has 0 N–H and O–H groups in total. The molecule has 0 radical (unpaired) electrons. The van der Waals surface area contributed by atoms with Crippen LogP contribution in [0, 0.1) is 0 Å². The van der Waals surface area contributed by atoms with E-state index in [2.05, 4.69) is 25.7 Å². The highest BCUT2D eigenvalue weighted by Crippen LogP contribution is 2.34. The average Bonchev–Trinajstić information content (AvgIpc) is 2.25. The first-order valence-electron chi connectivity index (χ1n) is 6.19. The highest BCUT2D eigenvalue weighted by molar-refractivity contribution is 6.33. The van der Waals surface area contributed by atoms with Crippen molar-refractivity contribution >= 4 is 28.9 Å². The molecule has 2 nitrogen and oxygen atoms in total. The van der Waals surface area contributed by atoms with Gasteiger partial charge in [0.15, 0.2) is 0 Å². The summed E-state index contributed by atoms with van der Waals surface area (Å²) in [5.74, 6) is 0.474. The zero-order chi connectivity index (χ0) is 13.3. The number of anilines is 1. The maximum Gasteiger partial charge on any atom is 0.0805 e. The monoisotopic (exact) mass is 287 g/mol. The van der Waals surface area contributed by atoms with Crippen LogP contribution in [0.4, 0.5) is 5.69 Å². The number of hydrogen-bond acceptors (Lipinski definition) is 2. The summed E-state index contributed by atoms with van der Waals surface area (Å²) in [7, 11) is 0. The summed E-state index contributed by atoms with van der Waals surface area (Å²) in [4.78, 5) is 2.29. The van der Waals surface area contributed by atoms with E-state index in [1.807, 2.05) is 18.2 Å². The topological polar surface area (TPSA) is 12.5 Å². The van der Waals surface area contributed by atoms with Crippen LogP contribution in [0.5, 0.6) is 0 Å². The van der Waals surface area contributed by atoms with Crippen molar-refractivity contribution in [3.63, 3.8) is 0 Å². The van der Waals surface area contributed by atoms with Crippen LogP contribution < -0.4 is 4.90 Å². The molecule has 1 saturated heterocycles. The van der Waals surface area contributed by atoms with Crippen molar-refractivity contribution in [3.05, 3.63) is 28.8 Å². The van der Waals surface area contributed by atoms with Gasteiger partial charge in [-0.15, -0.1) is 11.6 Å². The number of alkyl halides is 1. The minimum absolute atomic E-state index is 0.166. The van der Waals surface area contributed by atoms with Gasteiger partial charge >= 0.3 is 0 Å². The SMILES string of the molecule is CC1CN(c2c(Cl)cccc2CCl)CC(C)(C)O1. The Morgan fingerprint density at radius 2 is 2.17 bits per heavy atom. The van der Waals surface area contributed by atoms with E-state index in [9.17, 15) is 0 Å². The van der Waals surface area contributed by atoms with E-state index in [0.29, 0.717) is 5.88 Å². The summed E-state index contributed by atoms with van der Waals surface area (Å²) >= 11 is 12.4. The third kappa shape index (κ3) is 2.93. The molecule has 1 atom stereocenters. The first kappa shape index (κ1) is 14.0. The molecule has 1 fully saturated rings. The molecule has 0 saturated carbocycles. The van der Waals surface area contributed by atoms with Gasteiger partial charge in [-0.1, -0.05) is 23.7 Å². The number of morpholine rings is 1. The van der Waals surface area contributed by atoms with Gasteiger partial charge in [-0.2, -0.15) is 0 Å². The van der Waals surface area contributed by atoms with Crippen LogP contribution in [0.2, 0.25) is 5.02 Å². The Labute approximate surface area is 119 Å². The molecule has 4 heteroatoms. The quantitative estimate of drug-likeness (QED) is 0.760. The van der Waals surface area contributed by atoms with E-state index >= 15 is 0 Å². The summed E-state index contributed by atoms with van der Waals surface area (Å²) in [5.41, 5.74) is 1.96. The molecular weight excluding hydrogens is 269 g/mol. The van der Waals surface area contributed by atoms with Crippen LogP contribution in [0.1, 0.15) is 26.3 Å². The molecule has 0 aromatic heterocycles. The van der Waals surface area contributed by atoms with E-state index in [1.165, 1.54) is 0 Å². The summed E-state index contributed by atoms with van der Waals surface area (Å²) in [6.07, 6.45) is 0.188. The van der Waals surface area contributed by atoms with Crippen LogP contribution in [0.15, 0.2) is 18.2 Å². The molecule has 1 aromatic carbocycles. The van der Waals surface area contributed by atoms with E-state index < -0.39 is 0 Å². The number of para-hydroxylation sites is 1. The van der Waals surface area contributed by atoms with Gasteiger partial charge in [0.25, 0.3) is 0 Å². The maximum atomic E-state index is 6.34. The number of benzene rings is 1. The zero-order valence-electron chi connectivity index (χ0n) is 11.0.